The van der Waals surface area contributed by atoms with Crippen LogP contribution >= 0.6 is 0 Å². The van der Waals surface area contributed by atoms with E-state index in [-0.39, 0.29) is 5.69 Å². The van der Waals surface area contributed by atoms with Gasteiger partial charge in [0.05, 0.1) is 12.2 Å². The topological polar surface area (TPSA) is 68.0 Å². The molecule has 1 heterocycles. The Bertz CT molecular complexity index is 621. The number of aromatic carboxylic acids is 1. The van der Waals surface area contributed by atoms with E-state index in [1.165, 1.54) is 16.7 Å². The summed E-state index contributed by atoms with van der Waals surface area (Å²) in [7, 11) is 0. The SMILES string of the molecule is Cc1cc(C)c(Cn2nnc(C(=O)O)c2C)c(C)c1. The predicted octanol–water partition coefficient (Wildman–Crippen LogP) is 2.26. The van der Waals surface area contributed by atoms with Gasteiger partial charge in [0.2, 0.25) is 0 Å². The van der Waals surface area contributed by atoms with Crippen LogP contribution in [0.15, 0.2) is 12.1 Å². The fourth-order valence-electron chi connectivity index (χ4n) is 2.32. The molecule has 0 fully saturated rings. The Hall–Kier alpha value is -2.17. The van der Waals surface area contributed by atoms with Crippen molar-refractivity contribution in [1.82, 2.24) is 15.0 Å². The molecule has 1 N–H and O–H groups in total. The third-order valence-electron chi connectivity index (χ3n) is 3.33. The van der Waals surface area contributed by atoms with Crippen LogP contribution in [0.3, 0.4) is 0 Å². The lowest BCUT2D eigenvalue weighted by atomic mass is 10.00. The second kappa shape index (κ2) is 4.84. The fourth-order valence-corrected chi connectivity index (χ4v) is 2.32. The van der Waals surface area contributed by atoms with Gasteiger partial charge in [-0.05, 0) is 44.4 Å². The molecule has 0 atom stereocenters. The number of hydrogen-bond acceptors (Lipinski definition) is 3. The quantitative estimate of drug-likeness (QED) is 0.918. The largest absolute Gasteiger partial charge is 0.476 e. The van der Waals surface area contributed by atoms with E-state index in [1.807, 2.05) is 0 Å². The van der Waals surface area contributed by atoms with E-state index in [1.54, 1.807) is 11.6 Å². The van der Waals surface area contributed by atoms with Crippen molar-refractivity contribution in [3.8, 4) is 0 Å². The van der Waals surface area contributed by atoms with Crippen molar-refractivity contribution in [2.24, 2.45) is 0 Å². The summed E-state index contributed by atoms with van der Waals surface area (Å²) in [5.74, 6) is -1.04. The molecular formula is C14H17N3O2. The van der Waals surface area contributed by atoms with E-state index < -0.39 is 5.97 Å². The summed E-state index contributed by atoms with van der Waals surface area (Å²) in [5.41, 5.74) is 5.35. The summed E-state index contributed by atoms with van der Waals surface area (Å²) >= 11 is 0. The molecule has 1 aromatic heterocycles. The Kier molecular flexibility index (Phi) is 3.38. The van der Waals surface area contributed by atoms with Crippen LogP contribution in [0.1, 0.15) is 38.4 Å². The molecule has 0 unspecified atom stereocenters. The Morgan fingerprint density at radius 2 is 1.79 bits per heavy atom. The van der Waals surface area contributed by atoms with Crippen molar-refractivity contribution in [2.45, 2.75) is 34.2 Å². The molecule has 2 rings (SSSR count). The van der Waals surface area contributed by atoms with Crippen molar-refractivity contribution < 1.29 is 9.90 Å². The van der Waals surface area contributed by atoms with Crippen LogP contribution in [0.4, 0.5) is 0 Å². The van der Waals surface area contributed by atoms with Crippen LogP contribution in [-0.4, -0.2) is 26.1 Å². The summed E-state index contributed by atoms with van der Waals surface area (Å²) in [6.45, 7) is 8.44. The molecule has 0 aliphatic carbocycles. The summed E-state index contributed by atoms with van der Waals surface area (Å²) in [6, 6.07) is 4.24. The lowest BCUT2D eigenvalue weighted by Gasteiger charge is -2.12. The number of carboxylic acids is 1. The van der Waals surface area contributed by atoms with E-state index in [4.69, 9.17) is 5.11 Å². The molecule has 5 heteroatoms. The number of aryl methyl sites for hydroxylation is 3. The number of benzene rings is 1. The number of carbonyl (C=O) groups is 1. The normalized spacial score (nSPS) is 10.7. The molecule has 0 saturated carbocycles. The number of nitrogens with zero attached hydrogens (tertiary/aromatic N) is 3. The van der Waals surface area contributed by atoms with Crippen molar-refractivity contribution in [3.05, 3.63) is 45.8 Å². The summed E-state index contributed by atoms with van der Waals surface area (Å²) in [4.78, 5) is 11.0. The van der Waals surface area contributed by atoms with Crippen molar-refractivity contribution >= 4 is 5.97 Å². The summed E-state index contributed by atoms with van der Waals surface area (Å²) < 4.78 is 1.63. The van der Waals surface area contributed by atoms with E-state index in [2.05, 4.69) is 43.2 Å². The molecule has 0 saturated heterocycles. The fraction of sp³-hybridized carbons (Fsp3) is 0.357. The molecular weight excluding hydrogens is 242 g/mol. The molecule has 2 aromatic rings. The highest BCUT2D eigenvalue weighted by Gasteiger charge is 2.16. The highest BCUT2D eigenvalue weighted by Crippen LogP contribution is 2.18. The molecule has 100 valence electrons. The number of carboxylic acid groups (broad SMARTS) is 1. The van der Waals surface area contributed by atoms with E-state index >= 15 is 0 Å². The van der Waals surface area contributed by atoms with Gasteiger partial charge in [-0.2, -0.15) is 0 Å². The van der Waals surface area contributed by atoms with Crippen LogP contribution in [0.2, 0.25) is 0 Å². The standard InChI is InChI=1S/C14H17N3O2/c1-8-5-9(2)12(10(3)6-8)7-17-11(4)13(14(18)19)15-16-17/h5-6H,7H2,1-4H3,(H,18,19). The van der Waals surface area contributed by atoms with Gasteiger partial charge in [0.15, 0.2) is 5.69 Å². The zero-order chi connectivity index (χ0) is 14.2. The zero-order valence-electron chi connectivity index (χ0n) is 11.6. The van der Waals surface area contributed by atoms with Gasteiger partial charge in [-0.25, -0.2) is 9.48 Å². The van der Waals surface area contributed by atoms with Crippen LogP contribution in [-0.2, 0) is 6.54 Å². The summed E-state index contributed by atoms with van der Waals surface area (Å²) in [6.07, 6.45) is 0. The highest BCUT2D eigenvalue weighted by atomic mass is 16.4. The van der Waals surface area contributed by atoms with Crippen LogP contribution in [0.5, 0.6) is 0 Å². The van der Waals surface area contributed by atoms with Gasteiger partial charge in [0, 0.05) is 0 Å². The van der Waals surface area contributed by atoms with Crippen molar-refractivity contribution in [2.75, 3.05) is 0 Å². The first-order valence-electron chi connectivity index (χ1n) is 6.10. The van der Waals surface area contributed by atoms with Gasteiger partial charge in [-0.1, -0.05) is 22.9 Å². The maximum absolute atomic E-state index is 11.0. The first-order chi connectivity index (χ1) is 8.90. The van der Waals surface area contributed by atoms with Gasteiger partial charge in [-0.15, -0.1) is 5.10 Å². The first-order valence-corrected chi connectivity index (χ1v) is 6.10. The number of aromatic nitrogens is 3. The Labute approximate surface area is 111 Å². The van der Waals surface area contributed by atoms with Crippen LogP contribution in [0, 0.1) is 27.7 Å². The van der Waals surface area contributed by atoms with Gasteiger partial charge >= 0.3 is 5.97 Å². The van der Waals surface area contributed by atoms with Gasteiger partial charge < -0.3 is 5.11 Å². The molecule has 0 bridgehead atoms. The molecule has 19 heavy (non-hydrogen) atoms. The first kappa shape index (κ1) is 13.3. The van der Waals surface area contributed by atoms with Crippen LogP contribution < -0.4 is 0 Å². The maximum atomic E-state index is 11.0. The smallest absolute Gasteiger partial charge is 0.358 e. The van der Waals surface area contributed by atoms with Gasteiger partial charge in [0.25, 0.3) is 0 Å². The minimum atomic E-state index is -1.04. The Morgan fingerprint density at radius 1 is 1.21 bits per heavy atom. The minimum Gasteiger partial charge on any atom is -0.476 e. The average molecular weight is 259 g/mol. The third kappa shape index (κ3) is 2.50. The molecule has 0 radical (unpaired) electrons. The Morgan fingerprint density at radius 3 is 2.26 bits per heavy atom. The van der Waals surface area contributed by atoms with E-state index in [9.17, 15) is 4.79 Å². The lowest BCUT2D eigenvalue weighted by molar-refractivity contribution is 0.0689. The van der Waals surface area contributed by atoms with Gasteiger partial charge in [0.1, 0.15) is 0 Å². The van der Waals surface area contributed by atoms with Gasteiger partial charge in [-0.3, -0.25) is 0 Å². The van der Waals surface area contributed by atoms with E-state index in [0.717, 1.165) is 5.56 Å². The molecule has 0 spiro atoms. The zero-order valence-corrected chi connectivity index (χ0v) is 11.6. The minimum absolute atomic E-state index is 0.0161. The summed E-state index contributed by atoms with van der Waals surface area (Å²) in [5, 5.41) is 16.6. The third-order valence-corrected chi connectivity index (χ3v) is 3.33. The Balaban J connectivity index is 2.40. The number of hydrogen-bond donors (Lipinski definition) is 1. The van der Waals surface area contributed by atoms with E-state index in [0.29, 0.717) is 12.2 Å². The average Bonchev–Trinajstić information content (AvgIpc) is 2.65. The predicted molar refractivity (Wildman–Crippen MR) is 71.5 cm³/mol. The molecule has 1 aromatic carbocycles. The number of rotatable bonds is 3. The van der Waals surface area contributed by atoms with Crippen molar-refractivity contribution in [1.29, 1.82) is 0 Å². The second-order valence-corrected chi connectivity index (χ2v) is 4.86. The molecule has 0 aliphatic rings. The molecule has 0 aliphatic heterocycles. The monoisotopic (exact) mass is 259 g/mol. The molecule has 5 nitrogen and oxygen atoms in total. The highest BCUT2D eigenvalue weighted by molar-refractivity contribution is 5.86. The molecule has 0 amide bonds. The second-order valence-electron chi connectivity index (χ2n) is 4.86. The lowest BCUT2D eigenvalue weighted by Crippen LogP contribution is -2.08. The maximum Gasteiger partial charge on any atom is 0.358 e. The van der Waals surface area contributed by atoms with Crippen LogP contribution in [0.25, 0.3) is 0 Å². The van der Waals surface area contributed by atoms with Crippen molar-refractivity contribution in [3.63, 3.8) is 0 Å².